The summed E-state index contributed by atoms with van der Waals surface area (Å²) in [7, 11) is 0. The van der Waals surface area contributed by atoms with E-state index >= 15 is 0 Å². The Morgan fingerprint density at radius 2 is 2.04 bits per heavy atom. The highest BCUT2D eigenvalue weighted by Gasteiger charge is 2.24. The van der Waals surface area contributed by atoms with Crippen molar-refractivity contribution in [2.24, 2.45) is 0 Å². The second-order valence-electron chi connectivity index (χ2n) is 6.74. The highest BCUT2D eigenvalue weighted by molar-refractivity contribution is 7.97. The third-order valence-corrected chi connectivity index (χ3v) is 5.36. The SMILES string of the molecule is Fc1cncc(SNC2CCN(Cc3ccc(OC4CC4)cc3)C2)c1. The molecule has 2 heterocycles. The number of ether oxygens (including phenoxy) is 1. The summed E-state index contributed by atoms with van der Waals surface area (Å²) in [5.74, 6) is 0.682. The Balaban J connectivity index is 1.23. The van der Waals surface area contributed by atoms with E-state index in [0.717, 1.165) is 36.7 Å². The summed E-state index contributed by atoms with van der Waals surface area (Å²) in [6.45, 7) is 3.02. The maximum absolute atomic E-state index is 13.2. The van der Waals surface area contributed by atoms with E-state index in [-0.39, 0.29) is 5.82 Å². The number of rotatable bonds is 7. The summed E-state index contributed by atoms with van der Waals surface area (Å²) in [5.41, 5.74) is 1.31. The molecule has 1 saturated carbocycles. The molecule has 2 aliphatic rings. The second-order valence-corrected chi connectivity index (χ2v) is 7.65. The molecule has 1 atom stereocenters. The molecule has 1 saturated heterocycles. The molecule has 0 bridgehead atoms. The molecule has 4 rings (SSSR count). The molecule has 0 amide bonds. The molecule has 1 aliphatic heterocycles. The lowest BCUT2D eigenvalue weighted by molar-refractivity contribution is 0.302. The van der Waals surface area contributed by atoms with Crippen LogP contribution in [0.25, 0.3) is 0 Å². The zero-order valence-corrected chi connectivity index (χ0v) is 14.8. The van der Waals surface area contributed by atoms with Crippen LogP contribution in [0.15, 0.2) is 47.6 Å². The van der Waals surface area contributed by atoms with Gasteiger partial charge in [-0.3, -0.25) is 14.6 Å². The lowest BCUT2D eigenvalue weighted by Crippen LogP contribution is -2.28. The van der Waals surface area contributed by atoms with Crippen LogP contribution in [0.1, 0.15) is 24.8 Å². The molecule has 1 unspecified atom stereocenters. The van der Waals surface area contributed by atoms with Crippen molar-refractivity contribution in [1.82, 2.24) is 14.6 Å². The molecule has 0 radical (unpaired) electrons. The fourth-order valence-electron chi connectivity index (χ4n) is 2.98. The molecular weight excluding hydrogens is 337 g/mol. The molecule has 25 heavy (non-hydrogen) atoms. The van der Waals surface area contributed by atoms with Gasteiger partial charge in [-0.15, -0.1) is 0 Å². The Bertz CT molecular complexity index is 708. The van der Waals surface area contributed by atoms with Crippen molar-refractivity contribution in [2.45, 2.75) is 42.8 Å². The van der Waals surface area contributed by atoms with Crippen LogP contribution >= 0.6 is 11.9 Å². The Morgan fingerprint density at radius 1 is 1.20 bits per heavy atom. The van der Waals surface area contributed by atoms with Crippen LogP contribution in [-0.2, 0) is 6.54 Å². The summed E-state index contributed by atoms with van der Waals surface area (Å²) in [4.78, 5) is 7.13. The van der Waals surface area contributed by atoms with Crippen LogP contribution in [0.5, 0.6) is 5.75 Å². The molecule has 1 N–H and O–H groups in total. The van der Waals surface area contributed by atoms with E-state index in [2.05, 4.69) is 38.9 Å². The van der Waals surface area contributed by atoms with E-state index in [1.165, 1.54) is 42.6 Å². The predicted molar refractivity (Wildman–Crippen MR) is 97.0 cm³/mol. The maximum Gasteiger partial charge on any atom is 0.142 e. The maximum atomic E-state index is 13.2. The fraction of sp³-hybridized carbons (Fsp3) is 0.421. The van der Waals surface area contributed by atoms with Crippen molar-refractivity contribution in [3.8, 4) is 5.75 Å². The monoisotopic (exact) mass is 359 g/mol. The minimum absolute atomic E-state index is 0.297. The minimum Gasteiger partial charge on any atom is -0.490 e. The van der Waals surface area contributed by atoms with Crippen LogP contribution in [0.2, 0.25) is 0 Å². The largest absolute Gasteiger partial charge is 0.490 e. The molecule has 2 aromatic rings. The van der Waals surface area contributed by atoms with Gasteiger partial charge in [0.1, 0.15) is 11.6 Å². The van der Waals surface area contributed by atoms with E-state index in [1.807, 2.05) is 0 Å². The van der Waals surface area contributed by atoms with Crippen LogP contribution in [-0.4, -0.2) is 35.1 Å². The molecule has 2 fully saturated rings. The van der Waals surface area contributed by atoms with Crippen molar-refractivity contribution in [3.05, 3.63) is 54.1 Å². The van der Waals surface area contributed by atoms with E-state index < -0.39 is 0 Å². The average Bonchev–Trinajstić information content (AvgIpc) is 3.32. The quantitative estimate of drug-likeness (QED) is 0.764. The van der Waals surface area contributed by atoms with E-state index in [9.17, 15) is 4.39 Å². The zero-order valence-electron chi connectivity index (χ0n) is 14.0. The first-order valence-corrected chi connectivity index (χ1v) is 9.57. The van der Waals surface area contributed by atoms with Gasteiger partial charge in [0.2, 0.25) is 0 Å². The summed E-state index contributed by atoms with van der Waals surface area (Å²) in [6.07, 6.45) is 6.82. The van der Waals surface area contributed by atoms with Gasteiger partial charge in [-0.2, -0.15) is 0 Å². The number of likely N-dealkylation sites (tertiary alicyclic amines) is 1. The number of hydrogen-bond acceptors (Lipinski definition) is 5. The number of halogens is 1. The first-order chi connectivity index (χ1) is 12.2. The van der Waals surface area contributed by atoms with Gasteiger partial charge in [-0.25, -0.2) is 4.39 Å². The zero-order chi connectivity index (χ0) is 17.1. The van der Waals surface area contributed by atoms with Crippen LogP contribution in [0.4, 0.5) is 4.39 Å². The van der Waals surface area contributed by atoms with Crippen molar-refractivity contribution in [3.63, 3.8) is 0 Å². The van der Waals surface area contributed by atoms with Crippen LogP contribution < -0.4 is 9.46 Å². The lowest BCUT2D eigenvalue weighted by Gasteiger charge is -2.17. The number of hydrogen-bond donors (Lipinski definition) is 1. The highest BCUT2D eigenvalue weighted by atomic mass is 32.2. The normalized spacial score (nSPS) is 20.8. The molecule has 1 aliphatic carbocycles. The van der Waals surface area contributed by atoms with E-state index in [1.54, 1.807) is 6.20 Å². The third-order valence-electron chi connectivity index (χ3n) is 4.45. The van der Waals surface area contributed by atoms with Crippen LogP contribution in [0.3, 0.4) is 0 Å². The molecule has 132 valence electrons. The standard InChI is InChI=1S/C19H22FN3OS/c20-15-9-19(11-21-10-15)25-22-16-7-8-23(13-16)12-14-1-3-17(4-2-14)24-18-5-6-18/h1-4,9-11,16,18,22H,5-8,12-13H2. The first kappa shape index (κ1) is 16.8. The van der Waals surface area contributed by atoms with Crippen LogP contribution in [0, 0.1) is 5.82 Å². The topological polar surface area (TPSA) is 37.4 Å². The van der Waals surface area contributed by atoms with Crippen molar-refractivity contribution in [2.75, 3.05) is 13.1 Å². The number of aromatic nitrogens is 1. The smallest absolute Gasteiger partial charge is 0.142 e. The van der Waals surface area contributed by atoms with Gasteiger partial charge in [-0.05, 0) is 55.0 Å². The number of nitrogens with zero attached hydrogens (tertiary/aromatic N) is 2. The molecule has 4 nitrogen and oxygen atoms in total. The van der Waals surface area contributed by atoms with E-state index in [4.69, 9.17) is 4.74 Å². The van der Waals surface area contributed by atoms with Gasteiger partial charge in [0.25, 0.3) is 0 Å². The summed E-state index contributed by atoms with van der Waals surface area (Å²) in [5, 5.41) is 0. The van der Waals surface area contributed by atoms with Gasteiger partial charge in [0.05, 0.1) is 12.3 Å². The third kappa shape index (κ3) is 4.93. The van der Waals surface area contributed by atoms with Crippen molar-refractivity contribution < 1.29 is 9.13 Å². The summed E-state index contributed by atoms with van der Waals surface area (Å²) >= 11 is 1.46. The van der Waals surface area contributed by atoms with Gasteiger partial charge >= 0.3 is 0 Å². The summed E-state index contributed by atoms with van der Waals surface area (Å²) in [6, 6.07) is 10.4. The second kappa shape index (κ2) is 7.72. The first-order valence-electron chi connectivity index (χ1n) is 8.75. The number of nitrogens with one attached hydrogen (secondary N) is 1. The minimum atomic E-state index is -0.297. The predicted octanol–water partition coefficient (Wildman–Crippen LogP) is 3.63. The van der Waals surface area contributed by atoms with Crippen molar-refractivity contribution >= 4 is 11.9 Å². The Hall–Kier alpha value is -1.63. The number of pyridine rings is 1. The lowest BCUT2D eigenvalue weighted by atomic mass is 10.2. The molecule has 0 spiro atoms. The Morgan fingerprint density at radius 3 is 2.80 bits per heavy atom. The number of benzene rings is 1. The van der Waals surface area contributed by atoms with Gasteiger partial charge in [0.15, 0.2) is 0 Å². The van der Waals surface area contributed by atoms with E-state index in [0.29, 0.717) is 12.1 Å². The van der Waals surface area contributed by atoms with Gasteiger partial charge in [-0.1, -0.05) is 12.1 Å². The average molecular weight is 359 g/mol. The van der Waals surface area contributed by atoms with Gasteiger partial charge in [0, 0.05) is 36.8 Å². The Kier molecular flexibility index (Phi) is 5.20. The Labute approximate surface area is 151 Å². The van der Waals surface area contributed by atoms with Crippen molar-refractivity contribution in [1.29, 1.82) is 0 Å². The van der Waals surface area contributed by atoms with Gasteiger partial charge < -0.3 is 4.74 Å². The molecule has 6 heteroatoms. The fourth-order valence-corrected chi connectivity index (χ4v) is 3.76. The highest BCUT2D eigenvalue weighted by Crippen LogP contribution is 2.27. The molecule has 1 aromatic carbocycles. The molecule has 1 aromatic heterocycles. The molecular formula is C19H22FN3OS. The summed E-state index contributed by atoms with van der Waals surface area (Å²) < 4.78 is 22.4.